The zero-order valence-electron chi connectivity index (χ0n) is 6.85. The van der Waals surface area contributed by atoms with Gasteiger partial charge in [-0.25, -0.2) is 4.21 Å². The number of rotatable bonds is 4. The molecule has 0 heterocycles. The maximum Gasteiger partial charge on any atom is 0.216 e. The van der Waals surface area contributed by atoms with Gasteiger partial charge in [-0.1, -0.05) is 6.92 Å². The van der Waals surface area contributed by atoms with Crippen molar-refractivity contribution in [2.75, 3.05) is 18.1 Å². The van der Waals surface area contributed by atoms with Gasteiger partial charge in [-0.2, -0.15) is 0 Å². The molecule has 0 saturated heterocycles. The molecular formula is C6H14N2O2S. The molecule has 1 unspecified atom stereocenters. The predicted molar refractivity (Wildman–Crippen MR) is 45.0 cm³/mol. The maximum absolute atomic E-state index is 11.1. The van der Waals surface area contributed by atoms with Gasteiger partial charge in [-0.05, 0) is 0 Å². The third kappa shape index (κ3) is 5.84. The third-order valence-electron chi connectivity index (χ3n) is 1.27. The van der Waals surface area contributed by atoms with Gasteiger partial charge in [0.15, 0.2) is 0 Å². The first-order valence-electron chi connectivity index (χ1n) is 3.46. The summed E-state index contributed by atoms with van der Waals surface area (Å²) >= 11 is 0. The normalized spacial score (nSPS) is 15.5. The third-order valence-corrected chi connectivity index (χ3v) is 3.07. The summed E-state index contributed by atoms with van der Waals surface area (Å²) in [5.41, 5.74) is 0. The van der Waals surface area contributed by atoms with Crippen LogP contribution >= 0.6 is 0 Å². The minimum absolute atomic E-state index is 0.142. The van der Waals surface area contributed by atoms with E-state index in [0.717, 1.165) is 0 Å². The molecule has 0 aliphatic carbocycles. The van der Waals surface area contributed by atoms with Crippen LogP contribution < -0.4 is 5.32 Å². The minimum atomic E-state index is -2.43. The monoisotopic (exact) mass is 178 g/mol. The second-order valence-electron chi connectivity index (χ2n) is 2.29. The van der Waals surface area contributed by atoms with E-state index < -0.39 is 9.73 Å². The second-order valence-corrected chi connectivity index (χ2v) is 4.90. The highest BCUT2D eigenvalue weighted by Crippen LogP contribution is 1.88. The molecule has 1 atom stereocenters. The van der Waals surface area contributed by atoms with Crippen molar-refractivity contribution in [1.29, 1.82) is 4.78 Å². The van der Waals surface area contributed by atoms with Gasteiger partial charge in [-0.15, -0.1) is 0 Å². The number of hydrogen-bond donors (Lipinski definition) is 2. The number of carbonyl (C=O) groups excluding carboxylic acids is 1. The molecule has 0 fully saturated rings. The first kappa shape index (κ1) is 10.4. The van der Waals surface area contributed by atoms with Gasteiger partial charge in [-0.3, -0.25) is 9.57 Å². The smallest absolute Gasteiger partial charge is 0.216 e. The van der Waals surface area contributed by atoms with E-state index in [-0.39, 0.29) is 11.7 Å². The molecule has 4 nitrogen and oxygen atoms in total. The highest BCUT2D eigenvalue weighted by atomic mass is 32.2. The standard InChI is InChI=1S/C6H14N2O2S/c1-3-11(7,10)5-4-8-6(2)9/h7H,3-5H2,1-2H3,(H,8,9). The van der Waals surface area contributed by atoms with E-state index >= 15 is 0 Å². The molecule has 0 rings (SSSR count). The van der Waals surface area contributed by atoms with Crippen LogP contribution in [0.25, 0.3) is 0 Å². The SMILES string of the molecule is CCS(=N)(=O)CCNC(C)=O. The zero-order valence-corrected chi connectivity index (χ0v) is 7.66. The van der Waals surface area contributed by atoms with Gasteiger partial charge >= 0.3 is 0 Å². The van der Waals surface area contributed by atoms with Crippen LogP contribution in [-0.4, -0.2) is 28.2 Å². The molecule has 2 N–H and O–H groups in total. The number of hydrogen-bond acceptors (Lipinski definition) is 3. The Kier molecular flexibility index (Phi) is 4.10. The molecule has 5 heteroatoms. The zero-order chi connectivity index (χ0) is 8.91. The summed E-state index contributed by atoms with van der Waals surface area (Å²) in [7, 11) is -2.43. The van der Waals surface area contributed by atoms with Crippen molar-refractivity contribution in [3.63, 3.8) is 0 Å². The Hall–Kier alpha value is -0.580. The summed E-state index contributed by atoms with van der Waals surface area (Å²) < 4.78 is 18.2. The lowest BCUT2D eigenvalue weighted by atomic mass is 10.6. The molecule has 0 aliphatic rings. The molecule has 0 radical (unpaired) electrons. The van der Waals surface area contributed by atoms with Crippen molar-refractivity contribution in [3.05, 3.63) is 0 Å². The van der Waals surface area contributed by atoms with Crippen molar-refractivity contribution < 1.29 is 9.00 Å². The number of carbonyl (C=O) groups is 1. The number of nitrogens with one attached hydrogen (secondary N) is 2. The van der Waals surface area contributed by atoms with Crippen molar-refractivity contribution in [2.24, 2.45) is 0 Å². The molecule has 0 saturated carbocycles. The molecule has 0 aliphatic heterocycles. The van der Waals surface area contributed by atoms with Gasteiger partial charge in [0.05, 0.1) is 0 Å². The van der Waals surface area contributed by atoms with Crippen molar-refractivity contribution in [1.82, 2.24) is 5.32 Å². The Morgan fingerprint density at radius 1 is 1.64 bits per heavy atom. The average molecular weight is 178 g/mol. The Labute approximate surface area is 67.3 Å². The van der Waals surface area contributed by atoms with Crippen LogP contribution in [0.5, 0.6) is 0 Å². The van der Waals surface area contributed by atoms with Gasteiger partial charge in [0.1, 0.15) is 0 Å². The lowest BCUT2D eigenvalue weighted by Gasteiger charge is -2.03. The highest BCUT2D eigenvalue weighted by Gasteiger charge is 2.01. The molecule has 66 valence electrons. The van der Waals surface area contributed by atoms with Crippen LogP contribution in [0.4, 0.5) is 0 Å². The van der Waals surface area contributed by atoms with Crippen molar-refractivity contribution in [3.8, 4) is 0 Å². The number of amides is 1. The van der Waals surface area contributed by atoms with E-state index in [1.54, 1.807) is 6.92 Å². The van der Waals surface area contributed by atoms with E-state index in [1.165, 1.54) is 6.92 Å². The Balaban J connectivity index is 3.63. The Morgan fingerprint density at radius 3 is 2.55 bits per heavy atom. The fraction of sp³-hybridized carbons (Fsp3) is 0.833. The summed E-state index contributed by atoms with van der Waals surface area (Å²) in [6.45, 7) is 3.45. The lowest BCUT2D eigenvalue weighted by molar-refractivity contribution is -0.118. The molecular weight excluding hydrogens is 164 g/mol. The first-order valence-corrected chi connectivity index (χ1v) is 5.36. The van der Waals surface area contributed by atoms with Gasteiger partial charge in [0.25, 0.3) is 0 Å². The highest BCUT2D eigenvalue weighted by molar-refractivity contribution is 7.92. The van der Waals surface area contributed by atoms with Crippen LogP contribution in [0.2, 0.25) is 0 Å². The largest absolute Gasteiger partial charge is 0.355 e. The molecule has 0 spiro atoms. The summed E-state index contributed by atoms with van der Waals surface area (Å²) in [5.74, 6) is 0.464. The maximum atomic E-state index is 11.1. The van der Waals surface area contributed by atoms with Gasteiger partial charge in [0, 0.05) is 34.7 Å². The fourth-order valence-corrected chi connectivity index (χ4v) is 1.26. The van der Waals surface area contributed by atoms with Crippen LogP contribution in [0.3, 0.4) is 0 Å². The summed E-state index contributed by atoms with van der Waals surface area (Å²) in [6.07, 6.45) is 0. The van der Waals surface area contributed by atoms with Gasteiger partial charge in [0.2, 0.25) is 5.91 Å². The van der Waals surface area contributed by atoms with Crippen LogP contribution in [0, 0.1) is 4.78 Å². The fourth-order valence-electron chi connectivity index (χ4n) is 0.536. The van der Waals surface area contributed by atoms with E-state index in [9.17, 15) is 9.00 Å². The molecule has 11 heavy (non-hydrogen) atoms. The van der Waals surface area contributed by atoms with E-state index in [4.69, 9.17) is 4.78 Å². The first-order chi connectivity index (χ1) is 4.98. The molecule has 1 amide bonds. The van der Waals surface area contributed by atoms with Crippen LogP contribution in [-0.2, 0) is 14.5 Å². The second kappa shape index (κ2) is 4.33. The van der Waals surface area contributed by atoms with E-state index in [1.807, 2.05) is 0 Å². The molecule has 0 aromatic heterocycles. The average Bonchev–Trinajstić information content (AvgIpc) is 1.87. The van der Waals surface area contributed by atoms with Crippen molar-refractivity contribution in [2.45, 2.75) is 13.8 Å². The lowest BCUT2D eigenvalue weighted by Crippen LogP contribution is -2.26. The quantitative estimate of drug-likeness (QED) is 0.645. The minimum Gasteiger partial charge on any atom is -0.355 e. The van der Waals surface area contributed by atoms with E-state index in [2.05, 4.69) is 5.32 Å². The van der Waals surface area contributed by atoms with Crippen LogP contribution in [0.15, 0.2) is 0 Å². The van der Waals surface area contributed by atoms with Crippen molar-refractivity contribution >= 4 is 15.6 Å². The summed E-state index contributed by atoms with van der Waals surface area (Å²) in [4.78, 5) is 10.4. The topological polar surface area (TPSA) is 70.0 Å². The Morgan fingerprint density at radius 2 is 2.18 bits per heavy atom. The Bertz CT molecular complexity index is 221. The van der Waals surface area contributed by atoms with E-state index in [0.29, 0.717) is 12.3 Å². The molecule has 0 aromatic rings. The molecule has 0 aromatic carbocycles. The van der Waals surface area contributed by atoms with Crippen LogP contribution in [0.1, 0.15) is 13.8 Å². The van der Waals surface area contributed by atoms with Gasteiger partial charge < -0.3 is 5.32 Å². The molecule has 0 bridgehead atoms. The summed E-state index contributed by atoms with van der Waals surface area (Å²) in [6, 6.07) is 0. The predicted octanol–water partition coefficient (Wildman–Crippen LogP) is 0.189. The summed E-state index contributed by atoms with van der Waals surface area (Å²) in [5, 5.41) is 2.50.